The van der Waals surface area contributed by atoms with Gasteiger partial charge in [0.25, 0.3) is 0 Å². The molecule has 432 valence electrons. The quantitative estimate of drug-likeness (QED) is 0.0261. The van der Waals surface area contributed by atoms with E-state index in [1.54, 1.807) is 6.08 Å². The van der Waals surface area contributed by atoms with Gasteiger partial charge >= 0.3 is 0 Å². The number of ether oxygens (including phenoxy) is 2. The first-order chi connectivity index (χ1) is 37.3. The molecule has 7 unspecified atom stereocenters. The number of carbonyl (C=O) groups is 1. The minimum Gasteiger partial charge on any atom is -0.394 e. The van der Waals surface area contributed by atoms with Crippen molar-refractivity contribution >= 4 is 5.91 Å². The van der Waals surface area contributed by atoms with Crippen LogP contribution in [0.4, 0.5) is 0 Å². The van der Waals surface area contributed by atoms with Gasteiger partial charge in [0.1, 0.15) is 24.4 Å². The fourth-order valence-corrected chi connectivity index (χ4v) is 8.66. The summed E-state index contributed by atoms with van der Waals surface area (Å²) in [7, 11) is 0. The maximum absolute atomic E-state index is 13.0. The van der Waals surface area contributed by atoms with Crippen molar-refractivity contribution in [2.75, 3.05) is 13.2 Å². The lowest BCUT2D eigenvalue weighted by Crippen LogP contribution is -2.60. The molecule has 9 heteroatoms. The van der Waals surface area contributed by atoms with E-state index in [1.807, 2.05) is 6.08 Å². The van der Waals surface area contributed by atoms with E-state index in [1.165, 1.54) is 103 Å². The molecule has 1 aliphatic heterocycles. The summed E-state index contributed by atoms with van der Waals surface area (Å²) in [5.41, 5.74) is 0. The lowest BCUT2D eigenvalue weighted by Gasteiger charge is -2.40. The fraction of sp³-hybridized carbons (Fsp3) is 0.657. The van der Waals surface area contributed by atoms with Gasteiger partial charge in [-0.05, 0) is 103 Å². The molecule has 1 aliphatic rings. The predicted octanol–water partition coefficient (Wildman–Crippen LogP) is 15.7. The molecule has 1 fully saturated rings. The number of amides is 1. The zero-order valence-corrected chi connectivity index (χ0v) is 48.0. The molecule has 1 amide bonds. The molecule has 1 rings (SSSR count). The summed E-state index contributed by atoms with van der Waals surface area (Å²) in [6.07, 6.45) is 76.9. The number of unbranched alkanes of at least 4 members (excludes halogenated alkanes) is 20. The molecular weight excluding hydrogens is 947 g/mol. The third-order valence-electron chi connectivity index (χ3n) is 13.4. The highest BCUT2D eigenvalue weighted by Crippen LogP contribution is 2.23. The van der Waals surface area contributed by atoms with Crippen LogP contribution in [-0.4, -0.2) is 87.5 Å². The van der Waals surface area contributed by atoms with Gasteiger partial charge < -0.3 is 40.3 Å². The normalized spacial score (nSPS) is 19.8. The van der Waals surface area contributed by atoms with Crippen molar-refractivity contribution in [2.24, 2.45) is 0 Å². The third-order valence-corrected chi connectivity index (χ3v) is 13.4. The molecule has 0 saturated carbocycles. The Morgan fingerprint density at radius 1 is 0.461 bits per heavy atom. The summed E-state index contributed by atoms with van der Waals surface area (Å²) in [4.78, 5) is 13.0. The zero-order valence-electron chi connectivity index (χ0n) is 48.0. The highest BCUT2D eigenvalue weighted by Gasteiger charge is 2.44. The van der Waals surface area contributed by atoms with Crippen LogP contribution in [0.3, 0.4) is 0 Å². The van der Waals surface area contributed by atoms with Crippen LogP contribution in [0.15, 0.2) is 134 Å². The van der Waals surface area contributed by atoms with Gasteiger partial charge in [-0.3, -0.25) is 4.79 Å². The third kappa shape index (κ3) is 43.3. The second-order valence-electron chi connectivity index (χ2n) is 20.4. The predicted molar refractivity (Wildman–Crippen MR) is 322 cm³/mol. The molecule has 0 aromatic heterocycles. The molecule has 9 nitrogen and oxygen atoms in total. The second kappa shape index (κ2) is 54.7. The summed E-state index contributed by atoms with van der Waals surface area (Å²) in [5.74, 6) is -0.197. The molecule has 1 heterocycles. The Bertz CT molecular complexity index is 1650. The van der Waals surface area contributed by atoms with E-state index in [9.17, 15) is 30.3 Å². The first kappa shape index (κ1) is 70.3. The van der Waals surface area contributed by atoms with Gasteiger partial charge in [0, 0.05) is 6.42 Å². The van der Waals surface area contributed by atoms with Gasteiger partial charge in [0.2, 0.25) is 5.91 Å². The van der Waals surface area contributed by atoms with Crippen LogP contribution in [0.2, 0.25) is 0 Å². The van der Waals surface area contributed by atoms with Crippen molar-refractivity contribution < 1.29 is 39.8 Å². The smallest absolute Gasteiger partial charge is 0.220 e. The molecule has 6 N–H and O–H groups in total. The van der Waals surface area contributed by atoms with Crippen molar-refractivity contribution in [2.45, 2.75) is 269 Å². The average molecular weight is 1060 g/mol. The van der Waals surface area contributed by atoms with Gasteiger partial charge in [-0.1, -0.05) is 250 Å². The van der Waals surface area contributed by atoms with Crippen molar-refractivity contribution in [3.05, 3.63) is 134 Å². The molecule has 0 aliphatic carbocycles. The van der Waals surface area contributed by atoms with Crippen LogP contribution in [0.25, 0.3) is 0 Å². The summed E-state index contributed by atoms with van der Waals surface area (Å²) in [5, 5.41) is 54.3. The molecule has 0 spiro atoms. The van der Waals surface area contributed by atoms with Gasteiger partial charge in [0.15, 0.2) is 6.29 Å². The number of aliphatic hydroxyl groups excluding tert-OH is 5. The molecule has 7 atom stereocenters. The van der Waals surface area contributed by atoms with Crippen LogP contribution in [-0.2, 0) is 14.3 Å². The van der Waals surface area contributed by atoms with Crippen LogP contribution < -0.4 is 5.32 Å². The number of hydrogen-bond donors (Lipinski definition) is 6. The van der Waals surface area contributed by atoms with E-state index in [4.69, 9.17) is 9.47 Å². The summed E-state index contributed by atoms with van der Waals surface area (Å²) in [6, 6.07) is -0.834. The molecule has 0 bridgehead atoms. The standard InChI is InChI=1S/C67H111NO8/c1-3-5-7-9-11-13-15-17-18-19-20-21-22-23-24-25-26-27-28-29-30-31-32-33-34-35-36-37-38-39-40-41-42-43-44-45-47-49-51-53-55-57-63(71)68-60(59-75-67-66(74)65(73)64(72)62(58-69)76-67)61(70)56-54-52-50-48-46-16-14-12-10-8-6-4-2/h5,7,10-13,17-18,20-21,23-24,26-27,29-30,32-33,46,48,54,56,60-62,64-67,69-70,72-74H,3-4,6,8-9,14-16,19,22,25,28,31,34-45,47,49-53,55,57-59H2,1-2H3,(H,68,71)/b7-5-,12-10+,13-11-,18-17-,21-20-,24-23-,27-26-,30-29-,33-32-,48-46+,56-54+. The van der Waals surface area contributed by atoms with Gasteiger partial charge in [-0.15, -0.1) is 0 Å². The zero-order chi connectivity index (χ0) is 55.0. The lowest BCUT2D eigenvalue weighted by molar-refractivity contribution is -0.302. The Balaban J connectivity index is 2.09. The number of aliphatic hydroxyl groups is 5. The van der Waals surface area contributed by atoms with E-state index in [-0.39, 0.29) is 12.5 Å². The first-order valence-corrected chi connectivity index (χ1v) is 30.4. The Kier molecular flexibility index (Phi) is 50.6. The minimum absolute atomic E-state index is 0.197. The Labute approximate surface area is 464 Å². The highest BCUT2D eigenvalue weighted by atomic mass is 16.7. The Morgan fingerprint density at radius 3 is 1.26 bits per heavy atom. The van der Waals surface area contributed by atoms with E-state index in [2.05, 4.69) is 141 Å². The number of rotatable bonds is 50. The van der Waals surface area contributed by atoms with Crippen molar-refractivity contribution in [1.29, 1.82) is 0 Å². The monoisotopic (exact) mass is 1060 g/mol. The molecule has 0 aromatic carbocycles. The van der Waals surface area contributed by atoms with E-state index in [0.717, 1.165) is 103 Å². The maximum atomic E-state index is 13.0. The van der Waals surface area contributed by atoms with Crippen molar-refractivity contribution in [3.8, 4) is 0 Å². The minimum atomic E-state index is -1.58. The Hall–Kier alpha value is -3.67. The largest absolute Gasteiger partial charge is 0.394 e. The average Bonchev–Trinajstić information content (AvgIpc) is 3.42. The second-order valence-corrected chi connectivity index (χ2v) is 20.4. The molecular formula is C67H111NO8. The highest BCUT2D eigenvalue weighted by molar-refractivity contribution is 5.76. The van der Waals surface area contributed by atoms with E-state index in [0.29, 0.717) is 6.42 Å². The summed E-state index contributed by atoms with van der Waals surface area (Å²) < 4.78 is 11.2. The summed E-state index contributed by atoms with van der Waals surface area (Å²) in [6.45, 7) is 3.58. The van der Waals surface area contributed by atoms with Crippen molar-refractivity contribution in [1.82, 2.24) is 5.32 Å². The summed E-state index contributed by atoms with van der Waals surface area (Å²) >= 11 is 0. The maximum Gasteiger partial charge on any atom is 0.220 e. The van der Waals surface area contributed by atoms with Gasteiger partial charge in [-0.2, -0.15) is 0 Å². The molecule has 0 radical (unpaired) electrons. The van der Waals surface area contributed by atoms with E-state index >= 15 is 0 Å². The first-order valence-electron chi connectivity index (χ1n) is 30.4. The van der Waals surface area contributed by atoms with Crippen molar-refractivity contribution in [3.63, 3.8) is 0 Å². The van der Waals surface area contributed by atoms with Gasteiger partial charge in [0.05, 0.1) is 25.4 Å². The Morgan fingerprint density at radius 2 is 0.829 bits per heavy atom. The SMILES string of the molecule is CC/C=C\C/C=C\C/C=C\C/C=C\C/C=C\C/C=C\C/C=C\C/C=C\CCCCCCCCCCCCCCCCCCC(=O)NC(COC1OC(CO)C(O)C(O)C1O)C(O)/C=C/CC/C=C/CC/C=C/CCCC. The number of carbonyl (C=O) groups excluding carboxylic acids is 1. The van der Waals surface area contributed by atoms with Gasteiger partial charge in [-0.25, -0.2) is 0 Å². The number of hydrogen-bond acceptors (Lipinski definition) is 8. The van der Waals surface area contributed by atoms with Crippen LogP contribution in [0.1, 0.15) is 226 Å². The molecule has 1 saturated heterocycles. The lowest BCUT2D eigenvalue weighted by atomic mass is 9.99. The van der Waals surface area contributed by atoms with E-state index < -0.39 is 49.5 Å². The number of allylic oxidation sites excluding steroid dienone is 21. The fourth-order valence-electron chi connectivity index (χ4n) is 8.66. The van der Waals surface area contributed by atoms with Crippen LogP contribution >= 0.6 is 0 Å². The molecule has 76 heavy (non-hydrogen) atoms. The topological polar surface area (TPSA) is 149 Å². The van der Waals surface area contributed by atoms with Crippen LogP contribution in [0, 0.1) is 0 Å². The number of nitrogens with one attached hydrogen (secondary N) is 1. The molecule has 0 aromatic rings. The van der Waals surface area contributed by atoms with Crippen LogP contribution in [0.5, 0.6) is 0 Å².